The molecule has 0 aromatic heterocycles. The third-order valence-electron chi connectivity index (χ3n) is 6.51. The minimum absolute atomic E-state index is 0.286. The average molecular weight is 410 g/mol. The van der Waals surface area contributed by atoms with Crippen molar-refractivity contribution in [2.45, 2.75) is 78.1 Å². The monoisotopic (exact) mass is 409 g/mol. The van der Waals surface area contributed by atoms with Crippen LogP contribution in [0.3, 0.4) is 0 Å². The van der Waals surface area contributed by atoms with E-state index in [2.05, 4.69) is 54.4 Å². The van der Waals surface area contributed by atoms with Crippen LogP contribution in [0.1, 0.15) is 80.9 Å². The zero-order valence-electron chi connectivity index (χ0n) is 17.9. The van der Waals surface area contributed by atoms with Crippen molar-refractivity contribution in [1.82, 2.24) is 0 Å². The van der Waals surface area contributed by atoms with Gasteiger partial charge in [0.2, 0.25) is 0 Å². The number of hydrogen-bond acceptors (Lipinski definition) is 2. The predicted octanol–water partition coefficient (Wildman–Crippen LogP) is 8.70. The summed E-state index contributed by atoms with van der Waals surface area (Å²) in [4.78, 5) is 3.86. The average Bonchev–Trinajstić information content (AvgIpc) is 2.71. The smallest absolute Gasteiger partial charge is 0.150 e. The van der Waals surface area contributed by atoms with E-state index in [9.17, 15) is 4.39 Å². The van der Waals surface area contributed by atoms with E-state index in [4.69, 9.17) is 0 Å². The Balaban J connectivity index is 1.72. The molecule has 0 spiro atoms. The number of benzene rings is 2. The van der Waals surface area contributed by atoms with Crippen LogP contribution in [-0.4, -0.2) is 5.16 Å². The standard InChI is InChI=1S/C26H32FNS/c1-4-5-6-7-20-8-10-21(11-9-20)22-12-13-24(18(2)14-22)23-15-19(3)26(28-17-29)25(27)16-23/h12-16,20-21H,4-11H2,1-3H3. The molecule has 1 aliphatic carbocycles. The first-order valence-corrected chi connectivity index (χ1v) is 11.4. The number of aryl methyl sites for hydroxylation is 2. The fraction of sp³-hybridized carbons (Fsp3) is 0.500. The Morgan fingerprint density at radius 2 is 1.79 bits per heavy atom. The third kappa shape index (κ3) is 5.41. The first kappa shape index (κ1) is 21.9. The highest BCUT2D eigenvalue weighted by atomic mass is 32.1. The largest absolute Gasteiger partial charge is 0.205 e. The van der Waals surface area contributed by atoms with Gasteiger partial charge in [-0.05, 0) is 104 Å². The molecule has 1 saturated carbocycles. The summed E-state index contributed by atoms with van der Waals surface area (Å²) in [6.07, 6.45) is 10.8. The summed E-state index contributed by atoms with van der Waals surface area (Å²) in [5, 5.41) is 2.27. The fourth-order valence-electron chi connectivity index (χ4n) is 4.81. The second-order valence-corrected chi connectivity index (χ2v) is 8.80. The van der Waals surface area contributed by atoms with Crippen molar-refractivity contribution in [3.05, 3.63) is 52.8 Å². The van der Waals surface area contributed by atoms with Gasteiger partial charge in [-0.1, -0.05) is 50.8 Å². The molecule has 0 heterocycles. The maximum Gasteiger partial charge on any atom is 0.150 e. The van der Waals surface area contributed by atoms with E-state index in [1.54, 1.807) is 6.07 Å². The van der Waals surface area contributed by atoms with Crippen LogP contribution in [0.25, 0.3) is 11.1 Å². The summed E-state index contributed by atoms with van der Waals surface area (Å²) in [5.41, 5.74) is 5.69. The summed E-state index contributed by atoms with van der Waals surface area (Å²) in [5.74, 6) is 1.25. The molecule has 2 aromatic carbocycles. The maximum absolute atomic E-state index is 14.5. The van der Waals surface area contributed by atoms with E-state index in [1.165, 1.54) is 62.5 Å². The van der Waals surface area contributed by atoms with Crippen molar-refractivity contribution in [2.75, 3.05) is 0 Å². The predicted molar refractivity (Wildman–Crippen MR) is 125 cm³/mol. The number of unbranched alkanes of at least 4 members (excludes halogenated alkanes) is 2. The lowest BCUT2D eigenvalue weighted by Gasteiger charge is -2.29. The van der Waals surface area contributed by atoms with Crippen molar-refractivity contribution in [2.24, 2.45) is 10.9 Å². The number of hydrogen-bond donors (Lipinski definition) is 0. The van der Waals surface area contributed by atoms with Gasteiger partial charge in [-0.2, -0.15) is 4.99 Å². The molecule has 0 aliphatic heterocycles. The minimum Gasteiger partial charge on any atom is -0.205 e. The van der Waals surface area contributed by atoms with Gasteiger partial charge in [0.25, 0.3) is 0 Å². The molecule has 29 heavy (non-hydrogen) atoms. The number of rotatable bonds is 7. The molecule has 0 bridgehead atoms. The van der Waals surface area contributed by atoms with Gasteiger partial charge in [0.05, 0.1) is 5.16 Å². The van der Waals surface area contributed by atoms with Crippen molar-refractivity contribution < 1.29 is 4.39 Å². The molecule has 0 N–H and O–H groups in total. The van der Waals surface area contributed by atoms with Gasteiger partial charge in [0.15, 0.2) is 5.82 Å². The summed E-state index contributed by atoms with van der Waals surface area (Å²) >= 11 is 4.63. The molecule has 3 rings (SSSR count). The van der Waals surface area contributed by atoms with Crippen LogP contribution in [0.2, 0.25) is 0 Å². The minimum atomic E-state index is -0.345. The molecular formula is C26H32FNS. The van der Waals surface area contributed by atoms with Crippen LogP contribution in [0.15, 0.2) is 35.3 Å². The van der Waals surface area contributed by atoms with E-state index < -0.39 is 0 Å². The summed E-state index contributed by atoms with van der Waals surface area (Å²) in [6.45, 7) is 6.27. The molecule has 0 unspecified atom stereocenters. The molecule has 0 amide bonds. The van der Waals surface area contributed by atoms with Crippen LogP contribution >= 0.6 is 12.2 Å². The lowest BCUT2D eigenvalue weighted by molar-refractivity contribution is 0.303. The van der Waals surface area contributed by atoms with Crippen LogP contribution in [-0.2, 0) is 0 Å². The number of thiocarbonyl (C=S) groups is 1. The van der Waals surface area contributed by atoms with E-state index in [0.29, 0.717) is 5.92 Å². The topological polar surface area (TPSA) is 12.4 Å². The van der Waals surface area contributed by atoms with Crippen molar-refractivity contribution in [3.63, 3.8) is 0 Å². The summed E-state index contributed by atoms with van der Waals surface area (Å²) in [6, 6.07) is 10.3. The van der Waals surface area contributed by atoms with E-state index in [1.807, 2.05) is 13.0 Å². The molecule has 0 saturated heterocycles. The number of halogens is 1. The summed E-state index contributed by atoms with van der Waals surface area (Å²) < 4.78 is 14.5. The zero-order chi connectivity index (χ0) is 20.8. The van der Waals surface area contributed by atoms with Crippen LogP contribution in [0.5, 0.6) is 0 Å². The normalized spacial score (nSPS) is 19.0. The number of nitrogens with zero attached hydrogens (tertiary/aromatic N) is 1. The van der Waals surface area contributed by atoms with Gasteiger partial charge in [0, 0.05) is 0 Å². The van der Waals surface area contributed by atoms with Crippen LogP contribution < -0.4 is 0 Å². The lowest BCUT2D eigenvalue weighted by Crippen LogP contribution is -2.13. The first-order chi connectivity index (χ1) is 14.0. The van der Waals surface area contributed by atoms with Crippen LogP contribution in [0.4, 0.5) is 10.1 Å². The van der Waals surface area contributed by atoms with Gasteiger partial charge >= 0.3 is 0 Å². The Hall–Kier alpha value is -1.83. The molecular weight excluding hydrogens is 377 g/mol. The molecule has 154 valence electrons. The highest BCUT2D eigenvalue weighted by Crippen LogP contribution is 2.39. The van der Waals surface area contributed by atoms with Crippen molar-refractivity contribution in [3.8, 4) is 11.1 Å². The van der Waals surface area contributed by atoms with E-state index >= 15 is 0 Å². The second kappa shape index (κ2) is 10.3. The lowest BCUT2D eigenvalue weighted by atomic mass is 9.76. The fourth-order valence-corrected chi connectivity index (χ4v) is 4.90. The first-order valence-electron chi connectivity index (χ1n) is 11.0. The SMILES string of the molecule is CCCCCC1CCC(c2ccc(-c3cc(C)c(N=C=S)c(F)c3)c(C)c2)CC1. The van der Waals surface area contributed by atoms with Crippen molar-refractivity contribution in [1.29, 1.82) is 0 Å². The number of aliphatic imine (C=N–C) groups is 1. The maximum atomic E-state index is 14.5. The Labute approximate surface area is 180 Å². The van der Waals surface area contributed by atoms with Crippen molar-refractivity contribution >= 4 is 23.1 Å². The van der Waals surface area contributed by atoms with Gasteiger partial charge in [0.1, 0.15) is 5.69 Å². The molecule has 0 radical (unpaired) electrons. The van der Waals surface area contributed by atoms with Gasteiger partial charge in [-0.15, -0.1) is 0 Å². The van der Waals surface area contributed by atoms with Gasteiger partial charge < -0.3 is 0 Å². The highest BCUT2D eigenvalue weighted by Gasteiger charge is 2.22. The molecule has 2 aromatic rings. The Morgan fingerprint density at radius 1 is 1.03 bits per heavy atom. The molecule has 0 atom stereocenters. The molecule has 1 aliphatic rings. The Morgan fingerprint density at radius 3 is 2.41 bits per heavy atom. The molecule has 1 nitrogen and oxygen atoms in total. The van der Waals surface area contributed by atoms with E-state index in [0.717, 1.165) is 22.6 Å². The molecule has 3 heteroatoms. The second-order valence-electron chi connectivity index (χ2n) is 8.61. The Bertz CT molecular complexity index is 867. The summed E-state index contributed by atoms with van der Waals surface area (Å²) in [7, 11) is 0. The number of isothiocyanates is 1. The third-order valence-corrected chi connectivity index (χ3v) is 6.60. The zero-order valence-corrected chi connectivity index (χ0v) is 18.7. The quantitative estimate of drug-likeness (QED) is 0.253. The van der Waals surface area contributed by atoms with E-state index in [-0.39, 0.29) is 11.5 Å². The molecule has 1 fully saturated rings. The highest BCUT2D eigenvalue weighted by molar-refractivity contribution is 7.78. The van der Waals surface area contributed by atoms with Crippen LogP contribution in [0, 0.1) is 25.6 Å². The van der Waals surface area contributed by atoms with Gasteiger partial charge in [-0.3, -0.25) is 0 Å². The van der Waals surface area contributed by atoms with Gasteiger partial charge in [-0.25, -0.2) is 4.39 Å². The Kier molecular flexibility index (Phi) is 7.75.